The zero-order valence-corrected chi connectivity index (χ0v) is 11.1. The number of nitrogen functional groups attached to an aromatic ring is 1. The summed E-state index contributed by atoms with van der Waals surface area (Å²) in [7, 11) is 0. The maximum atomic E-state index is 11.4. The van der Waals surface area contributed by atoms with Gasteiger partial charge in [-0.1, -0.05) is 30.3 Å². The molecule has 2 aromatic rings. The number of fused-ring (bicyclic) bond motifs is 1. The number of carbonyl (C=O) groups is 1. The molecule has 0 spiro atoms. The summed E-state index contributed by atoms with van der Waals surface area (Å²) in [5.41, 5.74) is 15.7. The first-order valence-electron chi connectivity index (χ1n) is 6.67. The van der Waals surface area contributed by atoms with E-state index in [9.17, 15) is 4.79 Å². The summed E-state index contributed by atoms with van der Waals surface area (Å²) >= 11 is 0. The Morgan fingerprint density at radius 1 is 1.20 bits per heavy atom. The smallest absolute Gasteiger partial charge is 0.250 e. The Labute approximate surface area is 117 Å². The van der Waals surface area contributed by atoms with Crippen molar-refractivity contribution in [3.63, 3.8) is 0 Å². The van der Waals surface area contributed by atoms with Gasteiger partial charge in [0.2, 0.25) is 0 Å². The van der Waals surface area contributed by atoms with Gasteiger partial charge in [0.25, 0.3) is 5.91 Å². The highest BCUT2D eigenvalue weighted by atomic mass is 16.1. The molecule has 1 atom stereocenters. The quantitative estimate of drug-likeness (QED) is 0.742. The first-order valence-corrected chi connectivity index (χ1v) is 6.67. The largest absolute Gasteiger partial charge is 0.397 e. The van der Waals surface area contributed by atoms with Crippen molar-refractivity contribution in [3.8, 4) is 0 Å². The van der Waals surface area contributed by atoms with Crippen LogP contribution < -0.4 is 16.8 Å². The Hall–Kier alpha value is -2.49. The topological polar surface area (TPSA) is 81.1 Å². The molecule has 0 heterocycles. The Kier molecular flexibility index (Phi) is 3.06. The summed E-state index contributed by atoms with van der Waals surface area (Å²) in [6.07, 6.45) is 1.06. The number of nitrogens with one attached hydrogen (secondary N) is 1. The van der Waals surface area contributed by atoms with Crippen LogP contribution in [0, 0.1) is 0 Å². The molecule has 1 unspecified atom stereocenters. The molecule has 5 N–H and O–H groups in total. The van der Waals surface area contributed by atoms with Gasteiger partial charge in [0.15, 0.2) is 0 Å². The number of amides is 1. The lowest BCUT2D eigenvalue weighted by atomic mass is 9.77. The molecule has 1 amide bonds. The van der Waals surface area contributed by atoms with Crippen molar-refractivity contribution in [2.75, 3.05) is 17.6 Å². The summed E-state index contributed by atoms with van der Waals surface area (Å²) in [5, 5.41) is 3.28. The van der Waals surface area contributed by atoms with Crippen molar-refractivity contribution in [1.82, 2.24) is 0 Å². The Bertz CT molecular complexity index is 667. The first kappa shape index (κ1) is 12.5. The minimum atomic E-state index is -0.464. The lowest BCUT2D eigenvalue weighted by molar-refractivity contribution is 0.100. The number of benzene rings is 2. The lowest BCUT2D eigenvalue weighted by Gasteiger charge is -2.30. The third kappa shape index (κ3) is 2.09. The van der Waals surface area contributed by atoms with Crippen molar-refractivity contribution in [2.24, 2.45) is 5.73 Å². The number of rotatable bonds is 4. The minimum absolute atomic E-state index is 0.442. The number of carbonyl (C=O) groups excluding carboxylic acids is 1. The third-order valence-electron chi connectivity index (χ3n) is 3.85. The van der Waals surface area contributed by atoms with Gasteiger partial charge in [-0.3, -0.25) is 4.79 Å². The van der Waals surface area contributed by atoms with Gasteiger partial charge in [-0.05, 0) is 29.7 Å². The molecule has 4 nitrogen and oxygen atoms in total. The van der Waals surface area contributed by atoms with Crippen LogP contribution in [0.1, 0.15) is 27.4 Å². The molecule has 4 heteroatoms. The van der Waals surface area contributed by atoms with E-state index in [0.717, 1.165) is 13.0 Å². The van der Waals surface area contributed by atoms with E-state index in [-0.39, 0.29) is 0 Å². The maximum absolute atomic E-state index is 11.4. The average Bonchev–Trinajstić information content (AvgIpc) is 2.41. The molecule has 0 saturated heterocycles. The maximum Gasteiger partial charge on any atom is 0.250 e. The SMILES string of the molecule is NC(=O)c1cccc(N)c1NCC1Cc2ccccc21. The first-order chi connectivity index (χ1) is 9.66. The van der Waals surface area contributed by atoms with E-state index < -0.39 is 5.91 Å². The van der Waals surface area contributed by atoms with Crippen molar-refractivity contribution in [3.05, 3.63) is 59.2 Å². The van der Waals surface area contributed by atoms with Gasteiger partial charge in [0.05, 0.1) is 16.9 Å². The monoisotopic (exact) mass is 267 g/mol. The molecule has 2 aromatic carbocycles. The fraction of sp³-hybridized carbons (Fsp3) is 0.188. The minimum Gasteiger partial charge on any atom is -0.397 e. The lowest BCUT2D eigenvalue weighted by Crippen LogP contribution is -2.25. The van der Waals surface area contributed by atoms with Crippen molar-refractivity contribution >= 4 is 17.3 Å². The van der Waals surface area contributed by atoms with Crippen molar-refractivity contribution < 1.29 is 4.79 Å². The molecule has 0 aromatic heterocycles. The zero-order valence-electron chi connectivity index (χ0n) is 11.1. The van der Waals surface area contributed by atoms with Crippen molar-refractivity contribution in [2.45, 2.75) is 12.3 Å². The fourth-order valence-corrected chi connectivity index (χ4v) is 2.74. The molecular weight excluding hydrogens is 250 g/mol. The van der Waals surface area contributed by atoms with E-state index in [1.807, 2.05) is 0 Å². The number of para-hydroxylation sites is 1. The second kappa shape index (κ2) is 4.89. The second-order valence-corrected chi connectivity index (χ2v) is 5.11. The van der Waals surface area contributed by atoms with Crippen molar-refractivity contribution in [1.29, 1.82) is 0 Å². The van der Waals surface area contributed by atoms with Crippen LogP contribution in [0.4, 0.5) is 11.4 Å². The fourth-order valence-electron chi connectivity index (χ4n) is 2.74. The highest BCUT2D eigenvalue weighted by Gasteiger charge is 2.25. The Morgan fingerprint density at radius 3 is 2.75 bits per heavy atom. The van der Waals surface area contributed by atoms with E-state index in [1.54, 1.807) is 18.2 Å². The van der Waals surface area contributed by atoms with Gasteiger partial charge in [0.1, 0.15) is 0 Å². The molecule has 0 aliphatic heterocycles. The number of hydrogen-bond donors (Lipinski definition) is 3. The summed E-state index contributed by atoms with van der Waals surface area (Å²) in [5.74, 6) is 0.000317. The van der Waals surface area contributed by atoms with Crippen LogP contribution >= 0.6 is 0 Å². The number of nitrogens with two attached hydrogens (primary N) is 2. The zero-order chi connectivity index (χ0) is 14.1. The summed E-state index contributed by atoms with van der Waals surface area (Å²) in [6, 6.07) is 13.6. The molecule has 1 aliphatic carbocycles. The van der Waals surface area contributed by atoms with Crippen LogP contribution in [-0.2, 0) is 6.42 Å². The predicted octanol–water partition coefficient (Wildman–Crippen LogP) is 2.12. The highest BCUT2D eigenvalue weighted by molar-refractivity contribution is 6.01. The van der Waals surface area contributed by atoms with E-state index in [1.165, 1.54) is 11.1 Å². The molecule has 0 bridgehead atoms. The average molecular weight is 267 g/mol. The number of primary amides is 1. The highest BCUT2D eigenvalue weighted by Crippen LogP contribution is 2.35. The van der Waals surface area contributed by atoms with Gasteiger partial charge in [0, 0.05) is 12.5 Å². The third-order valence-corrected chi connectivity index (χ3v) is 3.85. The number of anilines is 2. The van der Waals surface area contributed by atoms with Gasteiger partial charge in [-0.25, -0.2) is 0 Å². The standard InChI is InChI=1S/C16H17N3O/c17-14-7-3-6-13(16(18)20)15(14)19-9-11-8-10-4-1-2-5-12(10)11/h1-7,11,19H,8-9,17H2,(H2,18,20). The normalized spacial score (nSPS) is 16.1. The van der Waals surface area contributed by atoms with Crippen LogP contribution in [0.3, 0.4) is 0 Å². The van der Waals surface area contributed by atoms with Gasteiger partial charge >= 0.3 is 0 Å². The van der Waals surface area contributed by atoms with Gasteiger partial charge in [-0.15, -0.1) is 0 Å². The molecule has 0 fully saturated rings. The molecule has 0 saturated carbocycles. The molecule has 0 radical (unpaired) electrons. The summed E-state index contributed by atoms with van der Waals surface area (Å²) in [6.45, 7) is 0.755. The predicted molar refractivity (Wildman–Crippen MR) is 80.7 cm³/mol. The molecule has 1 aliphatic rings. The van der Waals surface area contributed by atoms with Crippen LogP contribution in [0.25, 0.3) is 0 Å². The van der Waals surface area contributed by atoms with Gasteiger partial charge in [-0.2, -0.15) is 0 Å². The Morgan fingerprint density at radius 2 is 2.00 bits per heavy atom. The van der Waals surface area contributed by atoms with Gasteiger partial charge < -0.3 is 16.8 Å². The second-order valence-electron chi connectivity index (χ2n) is 5.11. The molecular formula is C16H17N3O. The molecule has 20 heavy (non-hydrogen) atoms. The van der Waals surface area contributed by atoms with Crippen LogP contribution in [-0.4, -0.2) is 12.5 Å². The van der Waals surface area contributed by atoms with Crippen LogP contribution in [0.15, 0.2) is 42.5 Å². The summed E-state index contributed by atoms with van der Waals surface area (Å²) < 4.78 is 0. The molecule has 102 valence electrons. The van der Waals surface area contributed by atoms with E-state index in [4.69, 9.17) is 11.5 Å². The number of hydrogen-bond acceptors (Lipinski definition) is 3. The summed E-state index contributed by atoms with van der Waals surface area (Å²) in [4.78, 5) is 11.4. The van der Waals surface area contributed by atoms with E-state index >= 15 is 0 Å². The Balaban J connectivity index is 1.76. The molecule has 3 rings (SSSR count). The van der Waals surface area contributed by atoms with E-state index in [0.29, 0.717) is 22.9 Å². The van der Waals surface area contributed by atoms with E-state index in [2.05, 4.69) is 29.6 Å². The van der Waals surface area contributed by atoms with Crippen LogP contribution in [0.2, 0.25) is 0 Å². The van der Waals surface area contributed by atoms with Crippen LogP contribution in [0.5, 0.6) is 0 Å².